The van der Waals surface area contributed by atoms with Crippen LogP contribution in [0.2, 0.25) is 0 Å². The summed E-state index contributed by atoms with van der Waals surface area (Å²) in [5, 5.41) is 4.34. The van der Waals surface area contributed by atoms with E-state index in [0.29, 0.717) is 5.92 Å². The molecule has 2 aromatic rings. The molecule has 2 fully saturated rings. The fraction of sp³-hybridized carbons (Fsp3) is 0.417. The molecule has 0 aliphatic heterocycles. The zero-order chi connectivity index (χ0) is 18.6. The zero-order valence-corrected chi connectivity index (χ0v) is 16.0. The summed E-state index contributed by atoms with van der Waals surface area (Å²) >= 11 is 0. The van der Waals surface area contributed by atoms with Gasteiger partial charge in [0, 0.05) is 5.92 Å². The largest absolute Gasteiger partial charge is 0.273 e. The first-order valence-electron chi connectivity index (χ1n) is 10.2. The summed E-state index contributed by atoms with van der Waals surface area (Å²) in [6.07, 6.45) is 7.62. The van der Waals surface area contributed by atoms with E-state index in [2.05, 4.69) is 46.9 Å². The van der Waals surface area contributed by atoms with Gasteiger partial charge in [-0.1, -0.05) is 73.9 Å². The highest BCUT2D eigenvalue weighted by atomic mass is 16.2. The summed E-state index contributed by atoms with van der Waals surface area (Å²) < 4.78 is 0. The van der Waals surface area contributed by atoms with Gasteiger partial charge >= 0.3 is 0 Å². The molecular weight excluding hydrogens is 332 g/mol. The quantitative estimate of drug-likeness (QED) is 0.564. The van der Waals surface area contributed by atoms with E-state index in [1.165, 1.54) is 43.2 Å². The van der Waals surface area contributed by atoms with Crippen molar-refractivity contribution in [3.05, 3.63) is 71.3 Å². The molecule has 0 heterocycles. The maximum atomic E-state index is 12.4. The molecule has 140 valence electrons. The molecule has 27 heavy (non-hydrogen) atoms. The second-order valence-electron chi connectivity index (χ2n) is 7.99. The maximum absolute atomic E-state index is 12.4. The standard InChI is InChI=1S/C24H28N2O/c1-17(18-12-14-20(15-13-18)19-8-4-2-5-9-19)25-26-24(27)23-16-22(23)21-10-6-3-7-11-21/h3,6-7,10-15,19,22-23H,2,4-5,8-9,16H2,1H3,(H,26,27)/t22-,23+/m0/s1. The van der Waals surface area contributed by atoms with E-state index >= 15 is 0 Å². The smallest absolute Gasteiger partial charge is 0.243 e. The van der Waals surface area contributed by atoms with Crippen LogP contribution in [0.1, 0.15) is 74.0 Å². The Morgan fingerprint density at radius 2 is 1.63 bits per heavy atom. The maximum Gasteiger partial charge on any atom is 0.243 e. The number of nitrogens with one attached hydrogen (secondary N) is 1. The topological polar surface area (TPSA) is 41.5 Å². The molecule has 2 aliphatic rings. The van der Waals surface area contributed by atoms with Gasteiger partial charge in [-0.3, -0.25) is 4.79 Å². The van der Waals surface area contributed by atoms with E-state index < -0.39 is 0 Å². The van der Waals surface area contributed by atoms with Crippen LogP contribution >= 0.6 is 0 Å². The zero-order valence-electron chi connectivity index (χ0n) is 16.0. The first-order chi connectivity index (χ1) is 13.2. The van der Waals surface area contributed by atoms with Crippen LogP contribution in [0.4, 0.5) is 0 Å². The van der Waals surface area contributed by atoms with Gasteiger partial charge in [0.1, 0.15) is 0 Å². The Labute approximate surface area is 161 Å². The number of nitrogens with zero attached hydrogens (tertiary/aromatic N) is 1. The fourth-order valence-electron chi connectivity index (χ4n) is 4.27. The van der Waals surface area contributed by atoms with Crippen LogP contribution < -0.4 is 5.43 Å². The Kier molecular flexibility index (Phi) is 5.38. The molecule has 4 rings (SSSR count). The van der Waals surface area contributed by atoms with Crippen LogP contribution in [-0.4, -0.2) is 11.6 Å². The molecule has 0 radical (unpaired) electrons. The Balaban J connectivity index is 1.33. The average molecular weight is 361 g/mol. The molecule has 3 nitrogen and oxygen atoms in total. The van der Waals surface area contributed by atoms with Gasteiger partial charge in [-0.05, 0) is 54.7 Å². The van der Waals surface area contributed by atoms with Crippen molar-refractivity contribution in [3.63, 3.8) is 0 Å². The lowest BCUT2D eigenvalue weighted by Gasteiger charge is -2.22. The highest BCUT2D eigenvalue weighted by Crippen LogP contribution is 2.47. The number of hydrazone groups is 1. The summed E-state index contributed by atoms with van der Waals surface area (Å²) in [6, 6.07) is 19.0. The Morgan fingerprint density at radius 3 is 2.33 bits per heavy atom. The van der Waals surface area contributed by atoms with Crippen molar-refractivity contribution in [2.45, 2.75) is 57.3 Å². The molecule has 2 aliphatic carbocycles. The molecule has 2 aromatic carbocycles. The number of hydrogen-bond acceptors (Lipinski definition) is 2. The number of carbonyl (C=O) groups excluding carboxylic acids is 1. The molecule has 2 atom stereocenters. The van der Waals surface area contributed by atoms with Crippen LogP contribution in [0.25, 0.3) is 0 Å². The lowest BCUT2D eigenvalue weighted by Crippen LogP contribution is -2.21. The van der Waals surface area contributed by atoms with Gasteiger partial charge in [0.15, 0.2) is 0 Å². The first-order valence-corrected chi connectivity index (χ1v) is 10.2. The third-order valence-corrected chi connectivity index (χ3v) is 6.09. The van der Waals surface area contributed by atoms with Crippen LogP contribution in [-0.2, 0) is 4.79 Å². The minimum Gasteiger partial charge on any atom is -0.273 e. The molecular formula is C24H28N2O. The normalized spacial score (nSPS) is 23.1. The van der Waals surface area contributed by atoms with Crippen LogP contribution in [0.15, 0.2) is 59.7 Å². The molecule has 0 spiro atoms. The van der Waals surface area contributed by atoms with E-state index in [1.54, 1.807) is 0 Å². The highest BCUT2D eigenvalue weighted by Gasteiger charge is 2.43. The summed E-state index contributed by atoms with van der Waals surface area (Å²) in [6.45, 7) is 1.96. The molecule has 0 unspecified atom stereocenters. The third-order valence-electron chi connectivity index (χ3n) is 6.09. The molecule has 1 amide bonds. The van der Waals surface area contributed by atoms with Crippen LogP contribution in [0.5, 0.6) is 0 Å². The number of carbonyl (C=O) groups is 1. The SMILES string of the molecule is CC(=NNC(=O)[C@@H]1C[C@H]1c1ccccc1)c1ccc(C2CCCCC2)cc1. The van der Waals surface area contributed by atoms with Gasteiger partial charge in [-0.2, -0.15) is 5.10 Å². The van der Waals surface area contributed by atoms with Crippen molar-refractivity contribution in [1.82, 2.24) is 5.43 Å². The van der Waals surface area contributed by atoms with E-state index in [4.69, 9.17) is 0 Å². The van der Waals surface area contributed by atoms with Crippen LogP contribution in [0.3, 0.4) is 0 Å². The Bertz CT molecular complexity index is 804. The van der Waals surface area contributed by atoms with Gasteiger partial charge in [0.05, 0.1) is 5.71 Å². The van der Waals surface area contributed by atoms with E-state index in [-0.39, 0.29) is 11.8 Å². The molecule has 0 saturated heterocycles. The predicted molar refractivity (Wildman–Crippen MR) is 110 cm³/mol. The van der Waals surface area contributed by atoms with Crippen molar-refractivity contribution in [1.29, 1.82) is 0 Å². The second-order valence-corrected chi connectivity index (χ2v) is 7.99. The van der Waals surface area contributed by atoms with Gasteiger partial charge < -0.3 is 0 Å². The van der Waals surface area contributed by atoms with E-state index in [0.717, 1.165) is 23.6 Å². The van der Waals surface area contributed by atoms with Crippen molar-refractivity contribution in [3.8, 4) is 0 Å². The van der Waals surface area contributed by atoms with Gasteiger partial charge in [-0.25, -0.2) is 5.43 Å². The number of hydrogen-bond donors (Lipinski definition) is 1. The van der Waals surface area contributed by atoms with Gasteiger partial charge in [-0.15, -0.1) is 0 Å². The molecule has 3 heteroatoms. The Hall–Kier alpha value is -2.42. The molecule has 0 aromatic heterocycles. The number of benzene rings is 2. The number of rotatable bonds is 5. The molecule has 1 N–H and O–H groups in total. The third kappa shape index (κ3) is 4.29. The minimum atomic E-state index is 0.0297. The lowest BCUT2D eigenvalue weighted by molar-refractivity contribution is -0.122. The second kappa shape index (κ2) is 8.08. The monoisotopic (exact) mass is 360 g/mol. The summed E-state index contributed by atoms with van der Waals surface area (Å²) in [4.78, 5) is 12.4. The predicted octanol–water partition coefficient (Wildman–Crippen LogP) is 5.38. The first kappa shape index (κ1) is 18.0. The molecule has 2 saturated carbocycles. The van der Waals surface area contributed by atoms with Crippen molar-refractivity contribution in [2.24, 2.45) is 11.0 Å². The van der Waals surface area contributed by atoms with Crippen molar-refractivity contribution in [2.75, 3.05) is 0 Å². The van der Waals surface area contributed by atoms with Crippen molar-refractivity contribution >= 4 is 11.6 Å². The van der Waals surface area contributed by atoms with Gasteiger partial charge in [0.2, 0.25) is 5.91 Å². The van der Waals surface area contributed by atoms with E-state index in [9.17, 15) is 4.79 Å². The Morgan fingerprint density at radius 1 is 0.926 bits per heavy atom. The van der Waals surface area contributed by atoms with Crippen LogP contribution in [0, 0.1) is 5.92 Å². The summed E-state index contributed by atoms with van der Waals surface area (Å²) in [5.41, 5.74) is 7.39. The summed E-state index contributed by atoms with van der Waals surface area (Å²) in [5.74, 6) is 1.14. The fourth-order valence-corrected chi connectivity index (χ4v) is 4.27. The van der Waals surface area contributed by atoms with Crippen molar-refractivity contribution < 1.29 is 4.79 Å². The van der Waals surface area contributed by atoms with Gasteiger partial charge in [0.25, 0.3) is 0 Å². The average Bonchev–Trinajstić information content (AvgIpc) is 3.54. The highest BCUT2D eigenvalue weighted by molar-refractivity contribution is 5.99. The minimum absolute atomic E-state index is 0.0297. The molecule has 0 bridgehead atoms. The lowest BCUT2D eigenvalue weighted by atomic mass is 9.84. The van der Waals surface area contributed by atoms with E-state index in [1.807, 2.05) is 25.1 Å². The number of amides is 1. The summed E-state index contributed by atoms with van der Waals surface area (Å²) in [7, 11) is 0.